The number of aldehydes is 1. The van der Waals surface area contributed by atoms with E-state index in [0.29, 0.717) is 18.1 Å². The Kier molecular flexibility index (Phi) is 5.26. The first-order chi connectivity index (χ1) is 7.54. The molecule has 1 rings (SSSR count). The Morgan fingerprint density at radius 1 is 1.38 bits per heavy atom. The van der Waals surface area contributed by atoms with Gasteiger partial charge in [-0.3, -0.25) is 0 Å². The van der Waals surface area contributed by atoms with E-state index in [1.807, 2.05) is 18.2 Å². The van der Waals surface area contributed by atoms with Crippen LogP contribution in [0.5, 0.6) is 5.75 Å². The van der Waals surface area contributed by atoms with Crippen molar-refractivity contribution in [3.05, 3.63) is 23.8 Å². The summed E-state index contributed by atoms with van der Waals surface area (Å²) >= 11 is -0.919. The van der Waals surface area contributed by atoms with Gasteiger partial charge in [0.15, 0.2) is 0 Å². The average Bonchev–Trinajstić information content (AvgIpc) is 2.25. The molecule has 0 radical (unpaired) electrons. The van der Waals surface area contributed by atoms with Gasteiger partial charge in [0.1, 0.15) is 0 Å². The normalized spacial score (nSPS) is 11.4. The van der Waals surface area contributed by atoms with Gasteiger partial charge in [-0.25, -0.2) is 0 Å². The third-order valence-corrected chi connectivity index (χ3v) is 5.17. The summed E-state index contributed by atoms with van der Waals surface area (Å²) < 4.78 is 7.02. The van der Waals surface area contributed by atoms with Crippen molar-refractivity contribution in [2.75, 3.05) is 6.61 Å². The van der Waals surface area contributed by atoms with E-state index in [4.69, 9.17) is 4.74 Å². The number of benzene rings is 1. The second kappa shape index (κ2) is 6.24. The van der Waals surface area contributed by atoms with E-state index in [1.165, 1.54) is 3.78 Å². The summed E-state index contributed by atoms with van der Waals surface area (Å²) in [6.07, 6.45) is 0.863. The fourth-order valence-corrected chi connectivity index (χ4v) is 2.97. The molecule has 0 N–H and O–H groups in total. The number of carbonyl (C=O) groups excluding carboxylic acids is 1. The molecule has 0 amide bonds. The minimum atomic E-state index is -0.919. The van der Waals surface area contributed by atoms with Crippen molar-refractivity contribution in [3.63, 3.8) is 0 Å². The van der Waals surface area contributed by atoms with Crippen molar-refractivity contribution < 1.29 is 28.0 Å². The summed E-state index contributed by atoms with van der Waals surface area (Å²) in [5.41, 5.74) is 0.653. The van der Waals surface area contributed by atoms with Crippen LogP contribution in [0.25, 0.3) is 0 Å². The van der Waals surface area contributed by atoms with Gasteiger partial charge in [-0.05, 0) is 0 Å². The molecule has 0 aliphatic heterocycles. The van der Waals surface area contributed by atoms with E-state index in [2.05, 4.69) is 24.1 Å². The molecule has 16 heavy (non-hydrogen) atoms. The van der Waals surface area contributed by atoms with E-state index in [9.17, 15) is 4.79 Å². The van der Waals surface area contributed by atoms with E-state index >= 15 is 0 Å². The number of hydrogen-bond donors (Lipinski definition) is 0. The summed E-state index contributed by atoms with van der Waals surface area (Å²) in [5.74, 6) is 1.21. The van der Waals surface area contributed by atoms with Crippen LogP contribution in [-0.2, 0) is 18.4 Å². The fraction of sp³-hybridized carbons (Fsp3) is 0.462. The molecule has 0 unspecified atom stereocenters. The first kappa shape index (κ1) is 13.5. The molecule has 3 heteroatoms. The summed E-state index contributed by atoms with van der Waals surface area (Å²) in [6, 6.07) is 5.95. The molecule has 0 bridgehead atoms. The van der Waals surface area contributed by atoms with Crippen LogP contribution in [0.1, 0.15) is 24.2 Å². The topological polar surface area (TPSA) is 26.3 Å². The Morgan fingerprint density at radius 3 is 2.56 bits per heavy atom. The van der Waals surface area contributed by atoms with Gasteiger partial charge < -0.3 is 0 Å². The van der Waals surface area contributed by atoms with Crippen molar-refractivity contribution in [2.24, 2.45) is 5.92 Å². The third kappa shape index (κ3) is 3.78. The Hall–Kier alpha value is -0.570. The van der Waals surface area contributed by atoms with Crippen molar-refractivity contribution in [2.45, 2.75) is 24.1 Å². The molecule has 0 saturated heterocycles. The van der Waals surface area contributed by atoms with E-state index in [1.54, 1.807) is 0 Å². The quantitative estimate of drug-likeness (QED) is 0.558. The van der Waals surface area contributed by atoms with Crippen LogP contribution < -0.4 is 8.52 Å². The maximum atomic E-state index is 10.9. The Balaban J connectivity index is 2.93. The number of rotatable bonds is 5. The van der Waals surface area contributed by atoms with Gasteiger partial charge in [0.25, 0.3) is 0 Å². The zero-order chi connectivity index (χ0) is 12.1. The van der Waals surface area contributed by atoms with Crippen LogP contribution in [0.4, 0.5) is 0 Å². The predicted molar refractivity (Wildman–Crippen MR) is 63.5 cm³/mol. The summed E-state index contributed by atoms with van der Waals surface area (Å²) in [7, 11) is 0. The van der Waals surface area contributed by atoms with Crippen LogP contribution in [0.3, 0.4) is 0 Å². The zero-order valence-corrected chi connectivity index (χ0v) is 12.4. The average molecular weight is 404 g/mol. The Bertz CT molecular complexity index is 359. The van der Waals surface area contributed by atoms with Crippen molar-refractivity contribution >= 4 is 10.1 Å². The number of carbonyl (C=O) groups is 1. The van der Waals surface area contributed by atoms with Gasteiger partial charge in [0.2, 0.25) is 0 Å². The SMILES string of the molecule is CC(C)COc1c[c]([Au]([CH3])[CH3])ccc1C=O. The monoisotopic (exact) mass is 404 g/mol. The molecule has 0 fully saturated rings. The third-order valence-electron chi connectivity index (χ3n) is 2.00. The van der Waals surface area contributed by atoms with Gasteiger partial charge >= 0.3 is 104 Å². The minimum absolute atomic E-state index is 0.472. The van der Waals surface area contributed by atoms with Gasteiger partial charge in [0.05, 0.1) is 0 Å². The molecule has 0 aliphatic carbocycles. The molecule has 0 heterocycles. The van der Waals surface area contributed by atoms with Crippen LogP contribution in [0, 0.1) is 5.92 Å². The van der Waals surface area contributed by atoms with Crippen molar-refractivity contribution in [1.29, 1.82) is 0 Å². The van der Waals surface area contributed by atoms with Crippen LogP contribution in [0.2, 0.25) is 10.3 Å². The van der Waals surface area contributed by atoms with Gasteiger partial charge in [-0.2, -0.15) is 0 Å². The zero-order valence-electron chi connectivity index (χ0n) is 10.2. The first-order valence-electron chi connectivity index (χ1n) is 5.07. The first-order valence-corrected chi connectivity index (χ1v) is 10.5. The second-order valence-electron chi connectivity index (χ2n) is 4.06. The number of ether oxygens (including phenoxy) is 1. The van der Waals surface area contributed by atoms with Gasteiger partial charge in [0, 0.05) is 0 Å². The van der Waals surface area contributed by atoms with Crippen molar-refractivity contribution in [1.82, 2.24) is 0 Å². The summed E-state index contributed by atoms with van der Waals surface area (Å²) in [6.45, 7) is 4.86. The van der Waals surface area contributed by atoms with Crippen LogP contribution in [-0.4, -0.2) is 12.9 Å². The molecule has 0 spiro atoms. The molecular formula is C13H19AuO2. The van der Waals surface area contributed by atoms with Crippen molar-refractivity contribution in [3.8, 4) is 5.75 Å². The maximum absolute atomic E-state index is 10.9. The molecule has 94 valence electrons. The van der Waals surface area contributed by atoms with E-state index < -0.39 is 18.4 Å². The molecule has 0 aromatic heterocycles. The van der Waals surface area contributed by atoms with E-state index in [0.717, 1.165) is 12.0 Å². The second-order valence-corrected chi connectivity index (χ2v) is 9.65. The number of hydrogen-bond acceptors (Lipinski definition) is 2. The molecule has 0 atom stereocenters. The Labute approximate surface area is 104 Å². The van der Waals surface area contributed by atoms with Crippen LogP contribution in [0.15, 0.2) is 18.2 Å². The molecule has 1 aromatic rings. The Morgan fingerprint density at radius 2 is 2.06 bits per heavy atom. The molecule has 0 aliphatic rings. The molecule has 0 saturated carbocycles. The van der Waals surface area contributed by atoms with Gasteiger partial charge in [-0.15, -0.1) is 0 Å². The molecule has 2 nitrogen and oxygen atoms in total. The molecular weight excluding hydrogens is 385 g/mol. The van der Waals surface area contributed by atoms with Crippen LogP contribution >= 0.6 is 0 Å². The van der Waals surface area contributed by atoms with E-state index in [-0.39, 0.29) is 0 Å². The summed E-state index contributed by atoms with van der Waals surface area (Å²) in [4.78, 5) is 10.9. The predicted octanol–water partition coefficient (Wildman–Crippen LogP) is 2.87. The fourth-order valence-electron chi connectivity index (χ4n) is 1.16. The van der Waals surface area contributed by atoms with Gasteiger partial charge in [-0.1, -0.05) is 0 Å². The summed E-state index contributed by atoms with van der Waals surface area (Å²) in [5, 5.41) is 4.55. The standard InChI is InChI=1S/C11H13O2.2CH3.Au/c1-9(2)8-13-11-6-4-3-5-10(11)7-12;;;/h3,5-7,9H,8H2,1-2H3;2*1H3;. The molecule has 1 aromatic carbocycles.